The molecule has 0 spiro atoms. The summed E-state index contributed by atoms with van der Waals surface area (Å²) in [5.74, 6) is -1.37. The third-order valence-electron chi connectivity index (χ3n) is 4.33. The molecule has 2 amide bonds. The molecular weight excluding hydrogens is 350 g/mol. The summed E-state index contributed by atoms with van der Waals surface area (Å²) in [5.41, 5.74) is 4.74. The standard InChI is InChI=1S/C20H20ClN3O2/c1-12-6-7-15(21)10-17(12)24-20(26)19(25)22-9-8-14-11-23-16-5-3-4-13(2)18(14)16/h3-7,10-11,23H,8-9H2,1-2H3,(H,22,25)(H,24,26). The molecule has 134 valence electrons. The number of hydrogen-bond donors (Lipinski definition) is 3. The van der Waals surface area contributed by atoms with Crippen LogP contribution >= 0.6 is 11.6 Å². The molecule has 2 aromatic carbocycles. The SMILES string of the molecule is Cc1ccc(Cl)cc1NC(=O)C(=O)NCCc1c[nH]c2cccc(C)c12. The molecule has 3 rings (SSSR count). The Hall–Kier alpha value is -2.79. The molecule has 1 heterocycles. The zero-order chi connectivity index (χ0) is 18.7. The number of amides is 2. The molecule has 6 heteroatoms. The summed E-state index contributed by atoms with van der Waals surface area (Å²) in [6.07, 6.45) is 2.58. The van der Waals surface area contributed by atoms with Crippen molar-refractivity contribution >= 4 is 40.0 Å². The first-order valence-corrected chi connectivity index (χ1v) is 8.74. The Morgan fingerprint density at radius 1 is 1.08 bits per heavy atom. The normalized spacial score (nSPS) is 10.7. The van der Waals surface area contributed by atoms with Crippen molar-refractivity contribution in [1.29, 1.82) is 0 Å². The van der Waals surface area contributed by atoms with Crippen LogP contribution in [0.15, 0.2) is 42.6 Å². The van der Waals surface area contributed by atoms with Crippen molar-refractivity contribution in [1.82, 2.24) is 10.3 Å². The highest BCUT2D eigenvalue weighted by molar-refractivity contribution is 6.40. The van der Waals surface area contributed by atoms with Gasteiger partial charge in [-0.05, 0) is 55.2 Å². The second kappa shape index (κ2) is 7.62. The fourth-order valence-corrected chi connectivity index (χ4v) is 3.12. The van der Waals surface area contributed by atoms with E-state index < -0.39 is 11.8 Å². The summed E-state index contributed by atoms with van der Waals surface area (Å²) in [6, 6.07) is 11.2. The molecule has 0 saturated heterocycles. The third-order valence-corrected chi connectivity index (χ3v) is 4.56. The molecule has 0 aliphatic rings. The molecule has 3 aromatic rings. The number of nitrogens with one attached hydrogen (secondary N) is 3. The van der Waals surface area contributed by atoms with Crippen molar-refractivity contribution in [2.24, 2.45) is 0 Å². The van der Waals surface area contributed by atoms with Crippen molar-refractivity contribution in [2.45, 2.75) is 20.3 Å². The van der Waals surface area contributed by atoms with E-state index in [0.717, 1.165) is 16.6 Å². The number of aromatic nitrogens is 1. The van der Waals surface area contributed by atoms with Gasteiger partial charge in [0, 0.05) is 34.4 Å². The Bertz CT molecular complexity index is 978. The molecule has 0 fully saturated rings. The Kier molecular flexibility index (Phi) is 5.28. The molecule has 0 aliphatic carbocycles. The summed E-state index contributed by atoms with van der Waals surface area (Å²) in [6.45, 7) is 4.27. The van der Waals surface area contributed by atoms with Crippen molar-refractivity contribution in [3.8, 4) is 0 Å². The van der Waals surface area contributed by atoms with Crippen LogP contribution in [0.25, 0.3) is 10.9 Å². The van der Waals surface area contributed by atoms with Crippen LogP contribution in [0.1, 0.15) is 16.7 Å². The van der Waals surface area contributed by atoms with Crippen LogP contribution < -0.4 is 10.6 Å². The minimum Gasteiger partial charge on any atom is -0.361 e. The van der Waals surface area contributed by atoms with Gasteiger partial charge in [0.2, 0.25) is 0 Å². The van der Waals surface area contributed by atoms with Crippen LogP contribution in [0.2, 0.25) is 5.02 Å². The van der Waals surface area contributed by atoms with Gasteiger partial charge in [-0.15, -0.1) is 0 Å². The summed E-state index contributed by atoms with van der Waals surface area (Å²) in [7, 11) is 0. The zero-order valence-corrected chi connectivity index (χ0v) is 15.4. The highest BCUT2D eigenvalue weighted by Crippen LogP contribution is 2.22. The fourth-order valence-electron chi connectivity index (χ4n) is 2.95. The number of rotatable bonds is 4. The number of fused-ring (bicyclic) bond motifs is 1. The van der Waals surface area contributed by atoms with Gasteiger partial charge >= 0.3 is 11.8 Å². The monoisotopic (exact) mass is 369 g/mol. The Balaban J connectivity index is 1.58. The Labute approximate surface area is 156 Å². The largest absolute Gasteiger partial charge is 0.361 e. The summed E-state index contributed by atoms with van der Waals surface area (Å²) in [4.78, 5) is 27.3. The fraction of sp³-hybridized carbons (Fsp3) is 0.200. The van der Waals surface area contributed by atoms with E-state index in [0.29, 0.717) is 23.7 Å². The first-order valence-electron chi connectivity index (χ1n) is 8.36. The van der Waals surface area contributed by atoms with Gasteiger partial charge in [0.05, 0.1) is 0 Å². The van der Waals surface area contributed by atoms with Crippen LogP contribution in [0.3, 0.4) is 0 Å². The average Bonchev–Trinajstić information content (AvgIpc) is 3.02. The summed E-state index contributed by atoms with van der Waals surface area (Å²) < 4.78 is 0. The van der Waals surface area contributed by atoms with Crippen molar-refractivity contribution in [3.63, 3.8) is 0 Å². The van der Waals surface area contributed by atoms with Crippen LogP contribution in [0.4, 0.5) is 5.69 Å². The number of halogens is 1. The van der Waals surface area contributed by atoms with Gasteiger partial charge < -0.3 is 15.6 Å². The molecule has 5 nitrogen and oxygen atoms in total. The smallest absolute Gasteiger partial charge is 0.313 e. The predicted octanol–water partition coefficient (Wildman–Crippen LogP) is 3.74. The topological polar surface area (TPSA) is 74.0 Å². The van der Waals surface area contributed by atoms with E-state index in [1.54, 1.807) is 18.2 Å². The maximum Gasteiger partial charge on any atom is 0.313 e. The minimum absolute atomic E-state index is 0.377. The average molecular weight is 370 g/mol. The number of aromatic amines is 1. The van der Waals surface area contributed by atoms with Gasteiger partial charge in [-0.1, -0.05) is 29.8 Å². The van der Waals surface area contributed by atoms with Gasteiger partial charge in [-0.25, -0.2) is 0 Å². The van der Waals surface area contributed by atoms with Gasteiger partial charge in [0.25, 0.3) is 0 Å². The molecule has 0 aliphatic heterocycles. The maximum absolute atomic E-state index is 12.1. The number of H-pyrrole nitrogens is 1. The van der Waals surface area contributed by atoms with Gasteiger partial charge in [0.15, 0.2) is 0 Å². The van der Waals surface area contributed by atoms with Gasteiger partial charge in [0.1, 0.15) is 0 Å². The lowest BCUT2D eigenvalue weighted by Crippen LogP contribution is -2.36. The number of carbonyl (C=O) groups excluding carboxylic acids is 2. The first-order chi connectivity index (χ1) is 12.5. The Morgan fingerprint density at radius 2 is 1.88 bits per heavy atom. The molecular formula is C20H20ClN3O2. The summed E-state index contributed by atoms with van der Waals surface area (Å²) >= 11 is 5.93. The number of benzene rings is 2. The van der Waals surface area contributed by atoms with Crippen LogP contribution in [0.5, 0.6) is 0 Å². The van der Waals surface area contributed by atoms with Crippen LogP contribution in [-0.4, -0.2) is 23.3 Å². The van der Waals surface area contributed by atoms with Crippen molar-refractivity contribution < 1.29 is 9.59 Å². The number of carbonyl (C=O) groups is 2. The lowest BCUT2D eigenvalue weighted by Gasteiger charge is -2.09. The van der Waals surface area contributed by atoms with E-state index in [2.05, 4.69) is 28.6 Å². The highest BCUT2D eigenvalue weighted by atomic mass is 35.5. The van der Waals surface area contributed by atoms with E-state index in [4.69, 9.17) is 11.6 Å². The molecule has 0 unspecified atom stereocenters. The van der Waals surface area contributed by atoms with Gasteiger partial charge in [-0.2, -0.15) is 0 Å². The zero-order valence-electron chi connectivity index (χ0n) is 14.7. The van der Waals surface area contributed by atoms with Crippen LogP contribution in [0, 0.1) is 13.8 Å². The van der Waals surface area contributed by atoms with E-state index in [9.17, 15) is 9.59 Å². The van der Waals surface area contributed by atoms with E-state index in [1.807, 2.05) is 25.3 Å². The maximum atomic E-state index is 12.1. The first kappa shape index (κ1) is 18.0. The van der Waals surface area contributed by atoms with E-state index in [1.165, 1.54) is 10.9 Å². The molecule has 3 N–H and O–H groups in total. The molecule has 0 radical (unpaired) electrons. The Morgan fingerprint density at radius 3 is 2.69 bits per heavy atom. The second-order valence-corrected chi connectivity index (χ2v) is 6.67. The summed E-state index contributed by atoms with van der Waals surface area (Å²) in [5, 5.41) is 6.92. The lowest BCUT2D eigenvalue weighted by molar-refractivity contribution is -0.136. The molecule has 0 saturated carbocycles. The van der Waals surface area contributed by atoms with E-state index >= 15 is 0 Å². The van der Waals surface area contributed by atoms with Crippen molar-refractivity contribution in [2.75, 3.05) is 11.9 Å². The molecule has 26 heavy (non-hydrogen) atoms. The molecule has 1 aromatic heterocycles. The quantitative estimate of drug-likeness (QED) is 0.613. The van der Waals surface area contributed by atoms with Crippen LogP contribution in [-0.2, 0) is 16.0 Å². The molecule has 0 atom stereocenters. The van der Waals surface area contributed by atoms with Crippen molar-refractivity contribution in [3.05, 3.63) is 64.3 Å². The molecule has 0 bridgehead atoms. The number of anilines is 1. The van der Waals surface area contributed by atoms with E-state index in [-0.39, 0.29) is 0 Å². The number of hydrogen-bond acceptors (Lipinski definition) is 2. The predicted molar refractivity (Wildman–Crippen MR) is 105 cm³/mol. The third kappa shape index (κ3) is 3.89. The number of aryl methyl sites for hydroxylation is 2. The highest BCUT2D eigenvalue weighted by Gasteiger charge is 2.15. The second-order valence-electron chi connectivity index (χ2n) is 6.23. The minimum atomic E-state index is -0.703. The van der Waals surface area contributed by atoms with Gasteiger partial charge in [-0.3, -0.25) is 9.59 Å². The lowest BCUT2D eigenvalue weighted by atomic mass is 10.1.